The Kier molecular flexibility index (Phi) is 4.04. The summed E-state index contributed by atoms with van der Waals surface area (Å²) in [6.45, 7) is 1.87. The molecule has 1 aliphatic heterocycles. The summed E-state index contributed by atoms with van der Waals surface area (Å²) in [5.41, 5.74) is 7.57. The number of piperazine rings is 1. The van der Waals surface area contributed by atoms with Crippen molar-refractivity contribution in [1.29, 1.82) is 0 Å². The predicted molar refractivity (Wildman–Crippen MR) is 73.4 cm³/mol. The number of nitrogens with zero attached hydrogens (tertiary/aromatic N) is 2. The minimum Gasteiger partial charge on any atom is -0.399 e. The molecule has 0 spiro atoms. The van der Waals surface area contributed by atoms with E-state index in [0.717, 1.165) is 18.5 Å². The Labute approximate surface area is 113 Å². The Bertz CT molecular complexity index is 470. The third-order valence-electron chi connectivity index (χ3n) is 3.40. The number of nitrogen functional groups attached to an aromatic ring is 1. The third-order valence-corrected chi connectivity index (χ3v) is 3.40. The Balaban J connectivity index is 1.81. The summed E-state index contributed by atoms with van der Waals surface area (Å²) >= 11 is 0. The monoisotopic (exact) mass is 261 g/mol. The summed E-state index contributed by atoms with van der Waals surface area (Å²) in [5, 5.41) is 0. The number of likely N-dealkylation sites (N-methyl/N-ethyl adjacent to an activating group) is 1. The van der Waals surface area contributed by atoms with Crippen LogP contribution < -0.4 is 5.73 Å². The average Bonchev–Trinajstić information content (AvgIpc) is 2.41. The standard InChI is InChI=1S/C14H19N3O2/c1-16-9-10-17(14(19)13(16)18)8-2-3-11-4-6-12(15)7-5-11/h4-7H,2-3,8-10,15H2,1H3. The van der Waals surface area contributed by atoms with E-state index in [-0.39, 0.29) is 5.91 Å². The second-order valence-corrected chi connectivity index (χ2v) is 4.86. The number of hydrogen-bond donors (Lipinski definition) is 1. The first-order chi connectivity index (χ1) is 9.08. The minimum absolute atomic E-state index is 0.383. The fourth-order valence-electron chi connectivity index (χ4n) is 2.14. The van der Waals surface area contributed by atoms with Crippen molar-refractivity contribution in [2.24, 2.45) is 0 Å². The van der Waals surface area contributed by atoms with E-state index in [0.29, 0.717) is 19.6 Å². The van der Waals surface area contributed by atoms with Gasteiger partial charge >= 0.3 is 11.8 Å². The van der Waals surface area contributed by atoms with Crippen molar-refractivity contribution in [3.63, 3.8) is 0 Å². The van der Waals surface area contributed by atoms with Crippen LogP contribution in [0.2, 0.25) is 0 Å². The highest BCUT2D eigenvalue weighted by molar-refractivity contribution is 6.35. The smallest absolute Gasteiger partial charge is 0.312 e. The van der Waals surface area contributed by atoms with E-state index in [2.05, 4.69) is 0 Å². The molecule has 1 aromatic rings. The quantitative estimate of drug-likeness (QED) is 0.634. The van der Waals surface area contributed by atoms with Crippen LogP contribution in [0.3, 0.4) is 0 Å². The lowest BCUT2D eigenvalue weighted by atomic mass is 10.1. The molecule has 102 valence electrons. The van der Waals surface area contributed by atoms with E-state index in [4.69, 9.17) is 5.73 Å². The number of nitrogens with two attached hydrogens (primary N) is 1. The number of carbonyl (C=O) groups is 2. The summed E-state index contributed by atoms with van der Waals surface area (Å²) in [5.74, 6) is -0.787. The summed E-state index contributed by atoms with van der Waals surface area (Å²) < 4.78 is 0. The van der Waals surface area contributed by atoms with Gasteiger partial charge in [0.25, 0.3) is 0 Å². The number of aryl methyl sites for hydroxylation is 1. The second kappa shape index (κ2) is 5.73. The molecule has 19 heavy (non-hydrogen) atoms. The summed E-state index contributed by atoms with van der Waals surface area (Å²) in [6, 6.07) is 7.73. The van der Waals surface area contributed by atoms with Gasteiger partial charge in [-0.15, -0.1) is 0 Å². The molecular formula is C14H19N3O2. The van der Waals surface area contributed by atoms with Crippen molar-refractivity contribution in [1.82, 2.24) is 9.80 Å². The van der Waals surface area contributed by atoms with Crippen LogP contribution in [0.5, 0.6) is 0 Å². The van der Waals surface area contributed by atoms with Crippen molar-refractivity contribution in [3.8, 4) is 0 Å². The van der Waals surface area contributed by atoms with Gasteiger partial charge in [-0.1, -0.05) is 12.1 Å². The molecule has 5 nitrogen and oxygen atoms in total. The van der Waals surface area contributed by atoms with Gasteiger partial charge in [-0.2, -0.15) is 0 Å². The molecule has 0 radical (unpaired) electrons. The van der Waals surface area contributed by atoms with Gasteiger partial charge in [0, 0.05) is 32.4 Å². The first kappa shape index (κ1) is 13.4. The first-order valence-corrected chi connectivity index (χ1v) is 6.46. The topological polar surface area (TPSA) is 66.6 Å². The third kappa shape index (κ3) is 3.24. The molecule has 0 bridgehead atoms. The molecule has 5 heteroatoms. The molecule has 1 saturated heterocycles. The van der Waals surface area contributed by atoms with Crippen molar-refractivity contribution in [2.45, 2.75) is 12.8 Å². The van der Waals surface area contributed by atoms with Gasteiger partial charge in [0.05, 0.1) is 0 Å². The highest BCUT2D eigenvalue weighted by atomic mass is 16.2. The highest BCUT2D eigenvalue weighted by Gasteiger charge is 2.29. The zero-order valence-corrected chi connectivity index (χ0v) is 11.1. The van der Waals surface area contributed by atoms with E-state index in [1.807, 2.05) is 24.3 Å². The van der Waals surface area contributed by atoms with Gasteiger partial charge < -0.3 is 15.5 Å². The van der Waals surface area contributed by atoms with Gasteiger partial charge in [0.1, 0.15) is 0 Å². The number of amides is 2. The number of anilines is 1. The van der Waals surface area contributed by atoms with Gasteiger partial charge in [-0.25, -0.2) is 0 Å². The zero-order chi connectivity index (χ0) is 13.8. The van der Waals surface area contributed by atoms with Crippen molar-refractivity contribution < 1.29 is 9.59 Å². The molecule has 0 unspecified atom stereocenters. The summed E-state index contributed by atoms with van der Waals surface area (Å²) in [7, 11) is 1.66. The van der Waals surface area contributed by atoms with Crippen LogP contribution in [0.15, 0.2) is 24.3 Å². The van der Waals surface area contributed by atoms with Crippen LogP contribution in [0.25, 0.3) is 0 Å². The zero-order valence-electron chi connectivity index (χ0n) is 11.1. The van der Waals surface area contributed by atoms with E-state index >= 15 is 0 Å². The largest absolute Gasteiger partial charge is 0.399 e. The molecule has 0 saturated carbocycles. The summed E-state index contributed by atoms with van der Waals surface area (Å²) in [6.07, 6.45) is 1.74. The molecule has 2 amide bonds. The molecule has 2 rings (SSSR count). The van der Waals surface area contributed by atoms with E-state index < -0.39 is 5.91 Å². The molecule has 0 atom stereocenters. The van der Waals surface area contributed by atoms with Crippen LogP contribution in [0, 0.1) is 0 Å². The lowest BCUT2D eigenvalue weighted by molar-refractivity contribution is -0.154. The van der Waals surface area contributed by atoms with Gasteiger partial charge in [-0.05, 0) is 30.5 Å². The molecule has 1 aromatic carbocycles. The average molecular weight is 261 g/mol. The Morgan fingerprint density at radius 1 is 1.11 bits per heavy atom. The lowest BCUT2D eigenvalue weighted by Gasteiger charge is -2.31. The molecule has 0 aliphatic carbocycles. The van der Waals surface area contributed by atoms with Crippen LogP contribution >= 0.6 is 0 Å². The number of benzene rings is 1. The summed E-state index contributed by atoms with van der Waals surface area (Å²) in [4.78, 5) is 26.4. The Morgan fingerprint density at radius 3 is 2.47 bits per heavy atom. The van der Waals surface area contributed by atoms with Gasteiger partial charge in [0.15, 0.2) is 0 Å². The SMILES string of the molecule is CN1CCN(CCCc2ccc(N)cc2)C(=O)C1=O. The molecule has 1 fully saturated rings. The van der Waals surface area contributed by atoms with Crippen LogP contribution in [0.1, 0.15) is 12.0 Å². The maximum Gasteiger partial charge on any atom is 0.312 e. The minimum atomic E-state index is -0.404. The molecule has 2 N–H and O–H groups in total. The molecule has 1 aliphatic rings. The highest BCUT2D eigenvalue weighted by Crippen LogP contribution is 2.09. The van der Waals surface area contributed by atoms with Crippen LogP contribution in [-0.4, -0.2) is 48.3 Å². The fraction of sp³-hybridized carbons (Fsp3) is 0.429. The van der Waals surface area contributed by atoms with Gasteiger partial charge in [0.2, 0.25) is 0 Å². The van der Waals surface area contributed by atoms with Crippen molar-refractivity contribution in [2.75, 3.05) is 32.4 Å². The van der Waals surface area contributed by atoms with Crippen LogP contribution in [-0.2, 0) is 16.0 Å². The normalized spacial score (nSPS) is 16.1. The second-order valence-electron chi connectivity index (χ2n) is 4.86. The lowest BCUT2D eigenvalue weighted by Crippen LogP contribution is -2.52. The number of rotatable bonds is 4. The number of carbonyl (C=O) groups excluding carboxylic acids is 2. The Hall–Kier alpha value is -2.04. The fourth-order valence-corrected chi connectivity index (χ4v) is 2.14. The Morgan fingerprint density at radius 2 is 1.79 bits per heavy atom. The van der Waals surface area contributed by atoms with Crippen molar-refractivity contribution in [3.05, 3.63) is 29.8 Å². The maximum atomic E-state index is 11.7. The first-order valence-electron chi connectivity index (χ1n) is 6.46. The van der Waals surface area contributed by atoms with E-state index in [1.54, 1.807) is 11.9 Å². The predicted octanol–water partition coefficient (Wildman–Crippen LogP) is 0.502. The van der Waals surface area contributed by atoms with E-state index in [9.17, 15) is 9.59 Å². The maximum absolute atomic E-state index is 11.7. The molecular weight excluding hydrogens is 242 g/mol. The van der Waals surface area contributed by atoms with E-state index in [1.165, 1.54) is 10.5 Å². The van der Waals surface area contributed by atoms with Crippen molar-refractivity contribution >= 4 is 17.5 Å². The number of hydrogen-bond acceptors (Lipinski definition) is 3. The molecule has 0 aromatic heterocycles. The van der Waals surface area contributed by atoms with Gasteiger partial charge in [-0.3, -0.25) is 9.59 Å². The van der Waals surface area contributed by atoms with Crippen LogP contribution in [0.4, 0.5) is 5.69 Å². The molecule has 1 heterocycles.